The molecule has 2 aromatic heterocycles. The van der Waals surface area contributed by atoms with Crippen molar-refractivity contribution in [3.05, 3.63) is 131 Å². The summed E-state index contributed by atoms with van der Waals surface area (Å²) in [5, 5.41) is 5.98. The average molecular weight is 548 g/mol. The molecule has 0 spiro atoms. The number of carbonyl (C=O) groups is 1. The zero-order valence-electron chi connectivity index (χ0n) is 21.8. The number of nitrogens with one attached hydrogen (secondary N) is 1. The van der Waals surface area contributed by atoms with E-state index in [2.05, 4.69) is 58.5 Å². The molecule has 1 N–H and O–H groups in total. The molecule has 0 saturated carbocycles. The predicted molar refractivity (Wildman–Crippen MR) is 160 cm³/mol. The van der Waals surface area contributed by atoms with Crippen molar-refractivity contribution in [1.82, 2.24) is 9.55 Å². The summed E-state index contributed by atoms with van der Waals surface area (Å²) in [5.41, 5.74) is 5.95. The monoisotopic (exact) mass is 547 g/mol. The van der Waals surface area contributed by atoms with Gasteiger partial charge in [0.25, 0.3) is 0 Å². The molecule has 2 heterocycles. The van der Waals surface area contributed by atoms with Crippen LogP contribution in [-0.2, 0) is 17.9 Å². The van der Waals surface area contributed by atoms with Gasteiger partial charge in [-0.1, -0.05) is 48.0 Å². The maximum atomic E-state index is 12.2. The Balaban J connectivity index is 1.16. The van der Waals surface area contributed by atoms with Crippen molar-refractivity contribution in [3.8, 4) is 5.75 Å². The zero-order chi connectivity index (χ0) is 27.5. The molecule has 0 amide bonds. The number of pyridine rings is 1. The molecule has 40 heavy (non-hydrogen) atoms. The van der Waals surface area contributed by atoms with Crippen LogP contribution in [0.1, 0.15) is 21.6 Å². The fourth-order valence-electron chi connectivity index (χ4n) is 4.75. The summed E-state index contributed by atoms with van der Waals surface area (Å²) < 4.78 is 13.2. The van der Waals surface area contributed by atoms with E-state index in [1.54, 1.807) is 18.2 Å². The van der Waals surface area contributed by atoms with Gasteiger partial charge in [-0.25, -0.2) is 9.78 Å². The first-order chi connectivity index (χ1) is 19.6. The minimum atomic E-state index is -0.447. The number of fused-ring (bicyclic) bond motifs is 2. The molecule has 6 rings (SSSR count). The highest BCUT2D eigenvalue weighted by molar-refractivity contribution is 6.31. The highest BCUT2D eigenvalue weighted by Gasteiger charge is 2.13. The second kappa shape index (κ2) is 11.1. The third kappa shape index (κ3) is 5.48. The van der Waals surface area contributed by atoms with E-state index in [-0.39, 0.29) is 0 Å². The predicted octanol–water partition coefficient (Wildman–Crippen LogP) is 8.00. The van der Waals surface area contributed by atoms with E-state index in [1.165, 1.54) is 7.11 Å². The number of para-hydroxylation sites is 1. The van der Waals surface area contributed by atoms with Crippen molar-refractivity contribution in [2.45, 2.75) is 13.2 Å². The molecular weight excluding hydrogens is 522 g/mol. The van der Waals surface area contributed by atoms with Gasteiger partial charge in [0.2, 0.25) is 0 Å². The molecule has 0 radical (unpaired) electrons. The van der Waals surface area contributed by atoms with Gasteiger partial charge in [0.05, 0.1) is 29.6 Å². The molecule has 0 fully saturated rings. The van der Waals surface area contributed by atoms with E-state index >= 15 is 0 Å². The van der Waals surface area contributed by atoms with E-state index in [0.29, 0.717) is 29.4 Å². The lowest BCUT2D eigenvalue weighted by Gasteiger charge is -2.12. The molecule has 0 atom stereocenters. The first kappa shape index (κ1) is 25.5. The molecule has 0 aliphatic heterocycles. The lowest BCUT2D eigenvalue weighted by atomic mass is 10.1. The van der Waals surface area contributed by atoms with E-state index < -0.39 is 5.97 Å². The standard InChI is InChI=1S/C33H26ClN3O3/c1-39-33(38)29-19-25(34)10-13-31(29)35-26-12-14-32-24(18-26)15-16-37(32)20-22-5-4-7-28(17-22)40-21-27-11-9-23-6-2-3-8-30(23)36-27/h2-19,35H,20-21H2,1H3. The van der Waals surface area contributed by atoms with Crippen LogP contribution in [0.15, 0.2) is 109 Å². The lowest BCUT2D eigenvalue weighted by Crippen LogP contribution is -2.05. The summed E-state index contributed by atoms with van der Waals surface area (Å²) in [7, 11) is 1.35. The zero-order valence-corrected chi connectivity index (χ0v) is 22.6. The second-order valence-electron chi connectivity index (χ2n) is 9.46. The number of benzene rings is 4. The SMILES string of the molecule is COC(=O)c1cc(Cl)ccc1Nc1ccc2c(ccn2Cc2cccc(OCc3ccc4ccccc4n3)c2)c1. The van der Waals surface area contributed by atoms with Gasteiger partial charge in [0.15, 0.2) is 0 Å². The molecule has 6 nitrogen and oxygen atoms in total. The number of esters is 1. The molecule has 0 unspecified atom stereocenters. The summed E-state index contributed by atoms with van der Waals surface area (Å²) in [5.74, 6) is 0.358. The van der Waals surface area contributed by atoms with Crippen LogP contribution in [0.3, 0.4) is 0 Å². The van der Waals surface area contributed by atoms with Gasteiger partial charge in [-0.05, 0) is 72.3 Å². The van der Waals surface area contributed by atoms with Crippen molar-refractivity contribution < 1.29 is 14.3 Å². The second-order valence-corrected chi connectivity index (χ2v) is 9.89. The molecule has 0 aliphatic carbocycles. The fraction of sp³-hybridized carbons (Fsp3) is 0.0909. The number of methoxy groups -OCH3 is 1. The fourth-order valence-corrected chi connectivity index (χ4v) is 4.92. The Kier molecular flexibility index (Phi) is 7.08. The van der Waals surface area contributed by atoms with Crippen molar-refractivity contribution in [2.24, 2.45) is 0 Å². The highest BCUT2D eigenvalue weighted by Crippen LogP contribution is 2.28. The van der Waals surface area contributed by atoms with Crippen LogP contribution in [0, 0.1) is 0 Å². The number of nitrogens with zero attached hydrogens (tertiary/aromatic N) is 2. The number of hydrogen-bond acceptors (Lipinski definition) is 5. The number of rotatable bonds is 8. The van der Waals surface area contributed by atoms with Crippen molar-refractivity contribution >= 4 is 50.8 Å². The Hall–Kier alpha value is -4.81. The van der Waals surface area contributed by atoms with Gasteiger partial charge in [-0.15, -0.1) is 0 Å². The Morgan fingerprint density at radius 1 is 0.900 bits per heavy atom. The minimum Gasteiger partial charge on any atom is -0.487 e. The Morgan fingerprint density at radius 3 is 2.70 bits per heavy atom. The normalized spacial score (nSPS) is 11.1. The molecule has 198 valence electrons. The Labute approximate surface area is 236 Å². The number of aromatic nitrogens is 2. The third-order valence-corrected chi connectivity index (χ3v) is 6.97. The maximum Gasteiger partial charge on any atom is 0.340 e. The average Bonchev–Trinajstić information content (AvgIpc) is 3.38. The van der Waals surface area contributed by atoms with Gasteiger partial charge in [0, 0.05) is 39.7 Å². The summed E-state index contributed by atoms with van der Waals surface area (Å²) in [6.07, 6.45) is 2.07. The molecular formula is C33H26ClN3O3. The van der Waals surface area contributed by atoms with E-state index in [4.69, 9.17) is 26.1 Å². The Morgan fingerprint density at radius 2 is 1.80 bits per heavy atom. The maximum absolute atomic E-state index is 12.2. The van der Waals surface area contributed by atoms with Crippen LogP contribution in [0.25, 0.3) is 21.8 Å². The van der Waals surface area contributed by atoms with Crippen molar-refractivity contribution in [3.63, 3.8) is 0 Å². The van der Waals surface area contributed by atoms with Crippen molar-refractivity contribution in [2.75, 3.05) is 12.4 Å². The van der Waals surface area contributed by atoms with Crippen LogP contribution >= 0.6 is 11.6 Å². The van der Waals surface area contributed by atoms with E-state index in [9.17, 15) is 4.79 Å². The minimum absolute atomic E-state index is 0.381. The number of halogens is 1. The van der Waals surface area contributed by atoms with E-state index in [1.807, 2.05) is 42.5 Å². The third-order valence-electron chi connectivity index (χ3n) is 6.73. The summed E-state index contributed by atoms with van der Waals surface area (Å²) in [4.78, 5) is 16.9. The summed E-state index contributed by atoms with van der Waals surface area (Å²) in [6.45, 7) is 1.10. The quantitative estimate of drug-likeness (QED) is 0.196. The van der Waals surface area contributed by atoms with Gasteiger partial charge in [-0.2, -0.15) is 0 Å². The topological polar surface area (TPSA) is 65.4 Å². The number of anilines is 2. The van der Waals surface area contributed by atoms with Gasteiger partial charge in [-0.3, -0.25) is 0 Å². The molecule has 0 saturated heterocycles. The number of hydrogen-bond donors (Lipinski definition) is 1. The molecule has 7 heteroatoms. The summed E-state index contributed by atoms with van der Waals surface area (Å²) in [6, 6.07) is 33.6. The van der Waals surface area contributed by atoms with Crippen LogP contribution in [0.2, 0.25) is 5.02 Å². The smallest absolute Gasteiger partial charge is 0.340 e. The summed E-state index contributed by atoms with van der Waals surface area (Å²) >= 11 is 6.09. The molecule has 0 aliphatic rings. The van der Waals surface area contributed by atoms with Gasteiger partial charge < -0.3 is 19.4 Å². The van der Waals surface area contributed by atoms with Gasteiger partial charge >= 0.3 is 5.97 Å². The first-order valence-corrected chi connectivity index (χ1v) is 13.2. The van der Waals surface area contributed by atoms with Crippen molar-refractivity contribution in [1.29, 1.82) is 0 Å². The highest BCUT2D eigenvalue weighted by atomic mass is 35.5. The molecule has 6 aromatic rings. The van der Waals surface area contributed by atoms with Crippen LogP contribution in [0.5, 0.6) is 5.75 Å². The van der Waals surface area contributed by atoms with E-state index in [0.717, 1.165) is 44.5 Å². The van der Waals surface area contributed by atoms with Crippen LogP contribution in [-0.4, -0.2) is 22.6 Å². The first-order valence-electron chi connectivity index (χ1n) is 12.9. The lowest BCUT2D eigenvalue weighted by molar-refractivity contribution is 0.0602. The molecule has 0 bridgehead atoms. The number of ether oxygens (including phenoxy) is 2. The van der Waals surface area contributed by atoms with Crippen LogP contribution < -0.4 is 10.1 Å². The number of carbonyl (C=O) groups excluding carboxylic acids is 1. The largest absolute Gasteiger partial charge is 0.487 e. The van der Waals surface area contributed by atoms with Gasteiger partial charge in [0.1, 0.15) is 12.4 Å². The van der Waals surface area contributed by atoms with Crippen LogP contribution in [0.4, 0.5) is 11.4 Å². The Bertz CT molecular complexity index is 1850. The molecule has 4 aromatic carbocycles.